The van der Waals surface area contributed by atoms with Crippen LogP contribution < -0.4 is 0 Å². The summed E-state index contributed by atoms with van der Waals surface area (Å²) in [5, 5.41) is 0. The summed E-state index contributed by atoms with van der Waals surface area (Å²) in [4.78, 5) is 0. The van der Waals surface area contributed by atoms with E-state index in [4.69, 9.17) is 0 Å². The van der Waals surface area contributed by atoms with Gasteiger partial charge in [0, 0.05) is 0 Å². The molecule has 2 aliphatic carbocycles. The Hall–Kier alpha value is -0.0400. The maximum Gasteiger partial charge on any atom is -0.0443 e. The van der Waals surface area contributed by atoms with Crippen LogP contribution in [0, 0.1) is 11.8 Å². The van der Waals surface area contributed by atoms with Crippen molar-refractivity contribution < 1.29 is 5.48 Å². The molecule has 0 unspecified atom stereocenters. The van der Waals surface area contributed by atoms with E-state index < -0.39 is 0 Å². The second kappa shape index (κ2) is 9.21. The highest BCUT2D eigenvalue weighted by atomic mass is 16.0. The lowest BCUT2D eigenvalue weighted by Gasteiger charge is -2.15. The first-order chi connectivity index (χ1) is 6.79. The normalized spacial score (nSPS) is 23.6. The second-order valence-corrected chi connectivity index (χ2v) is 5.49. The van der Waals surface area contributed by atoms with Gasteiger partial charge in [-0.05, 0) is 11.8 Å². The highest BCUT2D eigenvalue weighted by Crippen LogP contribution is 2.22. The molecule has 15 heavy (non-hydrogen) atoms. The highest BCUT2D eigenvalue weighted by Gasteiger charge is 2.06. The maximum atomic E-state index is 2.36. The van der Waals surface area contributed by atoms with Crippen molar-refractivity contribution in [2.45, 2.75) is 78.1 Å². The van der Waals surface area contributed by atoms with Gasteiger partial charge in [0.1, 0.15) is 0 Å². The van der Waals surface area contributed by atoms with Crippen LogP contribution in [-0.4, -0.2) is 5.48 Å². The highest BCUT2D eigenvalue weighted by molar-refractivity contribution is 4.60. The quantitative estimate of drug-likeness (QED) is 0.574. The summed E-state index contributed by atoms with van der Waals surface area (Å²) in [5.41, 5.74) is 0. The molecule has 0 spiro atoms. The van der Waals surface area contributed by atoms with Crippen LogP contribution in [0.5, 0.6) is 0 Å². The Bertz CT molecular complexity index is 105. The molecule has 0 atom stereocenters. The average molecular weight is 214 g/mol. The molecule has 0 aromatic carbocycles. The fraction of sp³-hybridized carbons (Fsp3) is 1.00. The van der Waals surface area contributed by atoms with E-state index in [-0.39, 0.29) is 5.48 Å². The van der Waals surface area contributed by atoms with Gasteiger partial charge in [-0.2, -0.15) is 0 Å². The summed E-state index contributed by atoms with van der Waals surface area (Å²) in [6.07, 6.45) is 14.9. The molecule has 2 N–H and O–H groups in total. The van der Waals surface area contributed by atoms with Gasteiger partial charge in [0.2, 0.25) is 0 Å². The van der Waals surface area contributed by atoms with Crippen molar-refractivity contribution in [3.05, 3.63) is 0 Å². The Kier molecular flexibility index (Phi) is 9.18. The Morgan fingerprint density at radius 3 is 0.933 bits per heavy atom. The minimum absolute atomic E-state index is 0. The Balaban J connectivity index is 0.000000245. The second-order valence-electron chi connectivity index (χ2n) is 5.49. The summed E-state index contributed by atoms with van der Waals surface area (Å²) < 4.78 is 0. The Morgan fingerprint density at radius 1 is 0.533 bits per heavy atom. The average Bonchev–Trinajstić information content (AvgIpc) is 2.21. The predicted octanol–water partition coefficient (Wildman–Crippen LogP) is 4.35. The van der Waals surface area contributed by atoms with Crippen LogP contribution in [0.3, 0.4) is 0 Å². The van der Waals surface area contributed by atoms with Crippen molar-refractivity contribution in [1.29, 1.82) is 0 Å². The van der Waals surface area contributed by atoms with Crippen LogP contribution >= 0.6 is 0 Å². The molecule has 0 aromatic heterocycles. The molecule has 0 amide bonds. The lowest BCUT2D eigenvalue weighted by Crippen LogP contribution is -1.99. The van der Waals surface area contributed by atoms with Gasteiger partial charge in [0.15, 0.2) is 0 Å². The van der Waals surface area contributed by atoms with E-state index >= 15 is 0 Å². The van der Waals surface area contributed by atoms with Crippen LogP contribution in [0.4, 0.5) is 0 Å². The first kappa shape index (κ1) is 15.0. The molecule has 2 saturated carbocycles. The summed E-state index contributed by atoms with van der Waals surface area (Å²) in [5.74, 6) is 2.07. The monoisotopic (exact) mass is 214 g/mol. The maximum absolute atomic E-state index is 2.36. The van der Waals surface area contributed by atoms with Gasteiger partial charge in [0.05, 0.1) is 0 Å². The molecule has 1 heteroatoms. The SMILES string of the molecule is CC1CCCCC1.CC1CCCCC1.O. The van der Waals surface area contributed by atoms with Crippen molar-refractivity contribution in [1.82, 2.24) is 0 Å². The van der Waals surface area contributed by atoms with Gasteiger partial charge < -0.3 is 5.48 Å². The summed E-state index contributed by atoms with van der Waals surface area (Å²) in [6.45, 7) is 4.72. The lowest BCUT2D eigenvalue weighted by molar-refractivity contribution is 0.385. The van der Waals surface area contributed by atoms with E-state index in [2.05, 4.69) is 13.8 Å². The van der Waals surface area contributed by atoms with Gasteiger partial charge in [-0.3, -0.25) is 0 Å². The van der Waals surface area contributed by atoms with E-state index in [0.717, 1.165) is 11.8 Å². The molecule has 0 heterocycles. The summed E-state index contributed by atoms with van der Waals surface area (Å²) in [7, 11) is 0. The van der Waals surface area contributed by atoms with Gasteiger partial charge >= 0.3 is 0 Å². The fourth-order valence-electron chi connectivity index (χ4n) is 2.61. The van der Waals surface area contributed by atoms with Gasteiger partial charge in [-0.1, -0.05) is 78.1 Å². The van der Waals surface area contributed by atoms with Crippen LogP contribution in [0.25, 0.3) is 0 Å². The van der Waals surface area contributed by atoms with Crippen molar-refractivity contribution in [3.63, 3.8) is 0 Å². The van der Waals surface area contributed by atoms with Crippen LogP contribution in [0.1, 0.15) is 78.1 Å². The van der Waals surface area contributed by atoms with Crippen molar-refractivity contribution >= 4 is 0 Å². The topological polar surface area (TPSA) is 31.5 Å². The van der Waals surface area contributed by atoms with Crippen LogP contribution in [0.2, 0.25) is 0 Å². The predicted molar refractivity (Wildman–Crippen MR) is 68.1 cm³/mol. The minimum atomic E-state index is 0. The summed E-state index contributed by atoms with van der Waals surface area (Å²) >= 11 is 0. The van der Waals surface area contributed by atoms with Crippen molar-refractivity contribution in [3.8, 4) is 0 Å². The summed E-state index contributed by atoms with van der Waals surface area (Å²) in [6, 6.07) is 0. The van der Waals surface area contributed by atoms with Gasteiger partial charge in [0.25, 0.3) is 0 Å². The van der Waals surface area contributed by atoms with E-state index in [9.17, 15) is 0 Å². The zero-order valence-electron chi connectivity index (χ0n) is 10.7. The molecular weight excluding hydrogens is 184 g/mol. The number of rotatable bonds is 0. The smallest absolute Gasteiger partial charge is 0.0443 e. The minimum Gasteiger partial charge on any atom is -0.412 e. The first-order valence-corrected chi connectivity index (χ1v) is 6.79. The third-order valence-electron chi connectivity index (χ3n) is 3.79. The van der Waals surface area contributed by atoms with Gasteiger partial charge in [-0.25, -0.2) is 0 Å². The molecular formula is C14H30O. The molecule has 0 aromatic rings. The molecule has 92 valence electrons. The van der Waals surface area contributed by atoms with E-state index in [1.165, 1.54) is 64.2 Å². The standard InChI is InChI=1S/2C7H14.H2O/c2*1-7-5-3-2-4-6-7;/h2*7H,2-6H2,1H3;1H2. The molecule has 0 bridgehead atoms. The van der Waals surface area contributed by atoms with Crippen molar-refractivity contribution in [2.24, 2.45) is 11.8 Å². The van der Waals surface area contributed by atoms with E-state index in [1.807, 2.05) is 0 Å². The Morgan fingerprint density at radius 2 is 0.800 bits per heavy atom. The van der Waals surface area contributed by atoms with Crippen molar-refractivity contribution in [2.75, 3.05) is 0 Å². The molecule has 0 saturated heterocycles. The molecule has 2 aliphatic rings. The molecule has 2 fully saturated rings. The zero-order valence-corrected chi connectivity index (χ0v) is 10.7. The van der Waals surface area contributed by atoms with Gasteiger partial charge in [-0.15, -0.1) is 0 Å². The van der Waals surface area contributed by atoms with E-state index in [1.54, 1.807) is 0 Å². The Labute approximate surface area is 96.0 Å². The molecule has 0 aliphatic heterocycles. The molecule has 2 rings (SSSR count). The number of hydrogen-bond donors (Lipinski definition) is 0. The third kappa shape index (κ3) is 7.84. The lowest BCUT2D eigenvalue weighted by atomic mass is 9.91. The van der Waals surface area contributed by atoms with Crippen LogP contribution in [0.15, 0.2) is 0 Å². The van der Waals surface area contributed by atoms with Crippen LogP contribution in [-0.2, 0) is 0 Å². The molecule has 1 nitrogen and oxygen atoms in total. The molecule has 0 radical (unpaired) electrons. The fourth-order valence-corrected chi connectivity index (χ4v) is 2.61. The number of hydrogen-bond acceptors (Lipinski definition) is 0. The first-order valence-electron chi connectivity index (χ1n) is 6.79. The zero-order chi connectivity index (χ0) is 10.2. The largest absolute Gasteiger partial charge is 0.412 e. The van der Waals surface area contributed by atoms with E-state index in [0.29, 0.717) is 0 Å². The third-order valence-corrected chi connectivity index (χ3v) is 3.79.